The number of rotatable bonds is 9. The van der Waals surface area contributed by atoms with Crippen LogP contribution in [0.25, 0.3) is 17.1 Å². The van der Waals surface area contributed by atoms with Crippen LogP contribution in [-0.4, -0.2) is 57.7 Å². The number of para-hydroxylation sites is 1. The van der Waals surface area contributed by atoms with Gasteiger partial charge in [-0.1, -0.05) is 6.07 Å². The van der Waals surface area contributed by atoms with Gasteiger partial charge in [0.15, 0.2) is 5.82 Å². The van der Waals surface area contributed by atoms with Crippen LogP contribution in [0, 0.1) is 12.7 Å². The number of aliphatic hydroxyl groups excluding tert-OH is 1. The van der Waals surface area contributed by atoms with E-state index in [0.717, 1.165) is 17.8 Å². The molecule has 4 aromatic rings. The Morgan fingerprint density at radius 1 is 1.05 bits per heavy atom. The molecule has 0 saturated heterocycles. The molecule has 0 aliphatic heterocycles. The number of ether oxygens (including phenoxy) is 2. The summed E-state index contributed by atoms with van der Waals surface area (Å²) in [5.74, 6) is 0.215. The zero-order valence-corrected chi connectivity index (χ0v) is 21.3. The Labute approximate surface area is 213 Å². The molecule has 4 rings (SSSR count). The normalized spacial score (nSPS) is 13.1. The lowest BCUT2D eigenvalue weighted by molar-refractivity contribution is 0.171. The minimum absolute atomic E-state index is 0.00124. The van der Waals surface area contributed by atoms with E-state index in [0.29, 0.717) is 22.7 Å². The Kier molecular flexibility index (Phi) is 7.36. The standard InChI is InChI=1S/C24H25FN6O5S/c1-14-10-16(12-26-11-14)23-28-29-24(31(23)21-19(35-3)6-5-7-20(21)36-4)30-37(33,34)15(2)22(32)18-9-8-17(25)13-27-18/h5-13,15,22,32H,1-4H3,(H,29,30)/t15-,22-/m1/s1. The minimum atomic E-state index is -4.27. The summed E-state index contributed by atoms with van der Waals surface area (Å²) >= 11 is 0. The molecular weight excluding hydrogens is 503 g/mol. The van der Waals surface area contributed by atoms with Gasteiger partial charge in [0.1, 0.15) is 34.4 Å². The molecule has 1 aromatic carbocycles. The van der Waals surface area contributed by atoms with Crippen LogP contribution >= 0.6 is 0 Å². The number of aryl methyl sites for hydroxylation is 1. The maximum atomic E-state index is 13.3. The van der Waals surface area contributed by atoms with Gasteiger partial charge in [-0.3, -0.25) is 19.3 Å². The predicted octanol–water partition coefficient (Wildman–Crippen LogP) is 3.05. The molecule has 0 amide bonds. The van der Waals surface area contributed by atoms with Gasteiger partial charge < -0.3 is 14.6 Å². The number of pyridine rings is 2. The SMILES string of the molecule is COc1cccc(OC)c1-n1c(NS(=O)(=O)[C@H](C)[C@@H](O)c2ccc(F)cn2)nnc1-c1cncc(C)c1. The van der Waals surface area contributed by atoms with Crippen molar-refractivity contribution in [2.45, 2.75) is 25.2 Å². The van der Waals surface area contributed by atoms with Gasteiger partial charge in [-0.2, -0.15) is 0 Å². The Bertz CT molecular complexity index is 1490. The summed E-state index contributed by atoms with van der Waals surface area (Å²) in [5, 5.41) is 17.6. The van der Waals surface area contributed by atoms with E-state index >= 15 is 0 Å². The zero-order valence-electron chi connectivity index (χ0n) is 20.5. The Balaban J connectivity index is 1.83. The highest BCUT2D eigenvalue weighted by Crippen LogP contribution is 2.38. The lowest BCUT2D eigenvalue weighted by Crippen LogP contribution is -2.32. The molecule has 11 nitrogen and oxygen atoms in total. The van der Waals surface area contributed by atoms with Crippen LogP contribution in [0.3, 0.4) is 0 Å². The van der Waals surface area contributed by atoms with Crippen LogP contribution in [0.5, 0.6) is 11.5 Å². The Hall–Kier alpha value is -4.10. The second-order valence-corrected chi connectivity index (χ2v) is 10.2. The topological polar surface area (TPSA) is 141 Å². The Morgan fingerprint density at radius 2 is 1.76 bits per heavy atom. The molecule has 0 bridgehead atoms. The highest BCUT2D eigenvalue weighted by Gasteiger charge is 2.33. The predicted molar refractivity (Wildman–Crippen MR) is 134 cm³/mol. The van der Waals surface area contributed by atoms with Crippen LogP contribution in [0.2, 0.25) is 0 Å². The molecule has 194 valence electrons. The number of nitrogens with one attached hydrogen (secondary N) is 1. The van der Waals surface area contributed by atoms with Crippen molar-refractivity contribution in [1.29, 1.82) is 0 Å². The minimum Gasteiger partial charge on any atom is -0.494 e. The molecule has 0 aliphatic rings. The molecule has 0 aliphatic carbocycles. The highest BCUT2D eigenvalue weighted by atomic mass is 32.2. The lowest BCUT2D eigenvalue weighted by Gasteiger charge is -2.21. The summed E-state index contributed by atoms with van der Waals surface area (Å²) in [5.41, 5.74) is 1.76. The number of hydrogen-bond acceptors (Lipinski definition) is 9. The van der Waals surface area contributed by atoms with Crippen molar-refractivity contribution in [3.63, 3.8) is 0 Å². The third-order valence-electron chi connectivity index (χ3n) is 5.64. The van der Waals surface area contributed by atoms with Crippen molar-refractivity contribution in [2.75, 3.05) is 18.9 Å². The molecular formula is C24H25FN6O5S. The molecule has 0 saturated carbocycles. The fourth-order valence-corrected chi connectivity index (χ4v) is 4.72. The monoisotopic (exact) mass is 528 g/mol. The second-order valence-electron chi connectivity index (χ2n) is 8.14. The van der Waals surface area contributed by atoms with Crippen LogP contribution in [0.4, 0.5) is 10.3 Å². The molecule has 0 fully saturated rings. The van der Waals surface area contributed by atoms with Gasteiger partial charge in [0.2, 0.25) is 16.0 Å². The van der Waals surface area contributed by atoms with E-state index < -0.39 is 27.2 Å². The summed E-state index contributed by atoms with van der Waals surface area (Å²) in [6.45, 7) is 3.16. The van der Waals surface area contributed by atoms with Crippen LogP contribution in [0.1, 0.15) is 24.3 Å². The van der Waals surface area contributed by atoms with E-state index in [1.165, 1.54) is 31.8 Å². The van der Waals surface area contributed by atoms with Gasteiger partial charge in [-0.15, -0.1) is 10.2 Å². The maximum absolute atomic E-state index is 13.3. The number of benzene rings is 1. The third-order valence-corrected chi connectivity index (χ3v) is 7.35. The van der Waals surface area contributed by atoms with Crippen molar-refractivity contribution in [2.24, 2.45) is 0 Å². The number of halogens is 1. The fourth-order valence-electron chi connectivity index (χ4n) is 3.67. The largest absolute Gasteiger partial charge is 0.494 e. The van der Waals surface area contributed by atoms with E-state index in [1.54, 1.807) is 30.6 Å². The van der Waals surface area contributed by atoms with Gasteiger partial charge in [-0.25, -0.2) is 12.8 Å². The highest BCUT2D eigenvalue weighted by molar-refractivity contribution is 7.93. The van der Waals surface area contributed by atoms with Crippen LogP contribution in [0.15, 0.2) is 55.0 Å². The number of aliphatic hydroxyl groups is 1. The number of anilines is 1. The second kappa shape index (κ2) is 10.5. The van der Waals surface area contributed by atoms with E-state index in [-0.39, 0.29) is 17.5 Å². The summed E-state index contributed by atoms with van der Waals surface area (Å²) in [6, 6.07) is 9.21. The van der Waals surface area contributed by atoms with Crippen LogP contribution < -0.4 is 14.2 Å². The van der Waals surface area contributed by atoms with Gasteiger partial charge >= 0.3 is 0 Å². The molecule has 0 radical (unpaired) electrons. The number of nitrogens with zero attached hydrogens (tertiary/aromatic N) is 5. The average molecular weight is 529 g/mol. The van der Waals surface area contributed by atoms with Gasteiger partial charge in [-0.05, 0) is 49.7 Å². The van der Waals surface area contributed by atoms with Crippen molar-refractivity contribution in [3.8, 4) is 28.6 Å². The molecule has 0 unspecified atom stereocenters. The first-order valence-electron chi connectivity index (χ1n) is 11.1. The van der Waals surface area contributed by atoms with Gasteiger partial charge in [0.05, 0.1) is 26.1 Å². The van der Waals surface area contributed by atoms with E-state index in [9.17, 15) is 17.9 Å². The molecule has 3 aromatic heterocycles. The first-order valence-corrected chi connectivity index (χ1v) is 12.6. The first-order chi connectivity index (χ1) is 17.7. The maximum Gasteiger partial charge on any atom is 0.243 e. The lowest BCUT2D eigenvalue weighted by atomic mass is 10.2. The van der Waals surface area contributed by atoms with Crippen LogP contribution in [-0.2, 0) is 10.0 Å². The number of methoxy groups -OCH3 is 2. The Morgan fingerprint density at radius 3 is 2.35 bits per heavy atom. The van der Waals surface area contributed by atoms with Crippen molar-refractivity contribution in [1.82, 2.24) is 24.7 Å². The molecule has 13 heteroatoms. The number of hydrogen-bond donors (Lipinski definition) is 2. The van der Waals surface area contributed by atoms with Gasteiger partial charge in [0.25, 0.3) is 0 Å². The number of aromatic nitrogens is 5. The summed E-state index contributed by atoms with van der Waals surface area (Å²) in [6.07, 6.45) is 2.60. The molecule has 2 N–H and O–H groups in total. The summed E-state index contributed by atoms with van der Waals surface area (Å²) in [4.78, 5) is 8.00. The zero-order chi connectivity index (χ0) is 26.7. The molecule has 0 spiro atoms. The first kappa shape index (κ1) is 26.0. The van der Waals surface area contributed by atoms with E-state index in [4.69, 9.17) is 9.47 Å². The van der Waals surface area contributed by atoms with E-state index in [2.05, 4.69) is 24.9 Å². The molecule has 37 heavy (non-hydrogen) atoms. The fraction of sp³-hybridized carbons (Fsp3) is 0.250. The van der Waals surface area contributed by atoms with Crippen molar-refractivity contribution in [3.05, 3.63) is 72.1 Å². The molecule has 2 atom stereocenters. The van der Waals surface area contributed by atoms with Crippen molar-refractivity contribution < 1.29 is 27.4 Å². The van der Waals surface area contributed by atoms with Gasteiger partial charge in [0, 0.05) is 18.0 Å². The van der Waals surface area contributed by atoms with E-state index in [1.807, 2.05) is 13.0 Å². The number of sulfonamides is 1. The molecule has 3 heterocycles. The summed E-state index contributed by atoms with van der Waals surface area (Å²) in [7, 11) is -1.34. The average Bonchev–Trinajstić information content (AvgIpc) is 3.29. The summed E-state index contributed by atoms with van der Waals surface area (Å²) < 4.78 is 54.9. The quantitative estimate of drug-likeness (QED) is 0.335. The smallest absolute Gasteiger partial charge is 0.243 e. The van der Waals surface area contributed by atoms with Crippen molar-refractivity contribution >= 4 is 16.0 Å². The third kappa shape index (κ3) is 5.22.